The number of aromatic nitrogens is 2. The number of nitrogens with one attached hydrogen (secondary N) is 3. The SMILES string of the molecule is Cc1ncsc1-c1ccc(C(CC(=O)NCCCCCCNC(=O)COc2c(-c3csc(N4CCOCC4)n3)ccc(F)c2F)NC(=O)OC(C)(C)C)cc1. The van der Waals surface area contributed by atoms with Crippen LogP contribution in [0.3, 0.4) is 0 Å². The molecule has 0 aliphatic carbocycles. The Bertz CT molecular complexity index is 1890. The molecule has 55 heavy (non-hydrogen) atoms. The molecular formula is C39H48F2N6O6S2. The fourth-order valence-corrected chi connectivity index (χ4v) is 7.51. The van der Waals surface area contributed by atoms with Gasteiger partial charge in [0.1, 0.15) is 5.60 Å². The van der Waals surface area contributed by atoms with Gasteiger partial charge in [0, 0.05) is 37.1 Å². The Balaban J connectivity index is 1.02. The highest BCUT2D eigenvalue weighted by atomic mass is 32.1. The van der Waals surface area contributed by atoms with Crippen LogP contribution in [0.4, 0.5) is 18.7 Å². The molecule has 1 aliphatic heterocycles. The first kappa shape index (κ1) is 41.5. The largest absolute Gasteiger partial charge is 0.480 e. The van der Waals surface area contributed by atoms with Crippen LogP contribution in [0.2, 0.25) is 0 Å². The van der Waals surface area contributed by atoms with Crippen LogP contribution in [-0.2, 0) is 19.1 Å². The molecule has 1 fully saturated rings. The number of carbonyl (C=O) groups is 3. The van der Waals surface area contributed by atoms with E-state index in [4.69, 9.17) is 14.2 Å². The molecule has 1 aliphatic rings. The normalized spacial score (nSPS) is 13.6. The number of ether oxygens (including phenoxy) is 3. The second-order valence-corrected chi connectivity index (χ2v) is 15.7. The van der Waals surface area contributed by atoms with E-state index in [9.17, 15) is 23.2 Å². The molecule has 2 aromatic carbocycles. The van der Waals surface area contributed by atoms with Crippen LogP contribution in [0, 0.1) is 18.6 Å². The summed E-state index contributed by atoms with van der Waals surface area (Å²) in [6, 6.07) is 9.53. The quantitative estimate of drug-likeness (QED) is 0.0947. The van der Waals surface area contributed by atoms with E-state index in [1.807, 2.05) is 31.2 Å². The zero-order valence-corrected chi connectivity index (χ0v) is 33.2. The summed E-state index contributed by atoms with van der Waals surface area (Å²) >= 11 is 2.94. The number of amides is 3. The number of aryl methyl sites for hydroxylation is 1. The Morgan fingerprint density at radius 3 is 2.29 bits per heavy atom. The molecule has 3 amide bonds. The maximum Gasteiger partial charge on any atom is 0.408 e. The molecule has 2 aromatic heterocycles. The van der Waals surface area contributed by atoms with E-state index in [2.05, 4.69) is 30.8 Å². The van der Waals surface area contributed by atoms with E-state index in [1.165, 1.54) is 17.4 Å². The standard InChI is InChI=1S/C39H48F2N6O6S2/c1-25-36(55-24-44-25)27-11-9-26(10-12-27)30(46-38(50)53-39(2,3)4)21-32(48)42-15-7-5-6-8-16-43-33(49)22-52-35-28(13-14-29(40)34(35)41)31-23-54-37(45-31)47-17-19-51-20-18-47/h9-14,23-24,30H,5-8,15-22H2,1-4H3,(H,42,48)(H,43,49)(H,46,50). The van der Waals surface area contributed by atoms with Crippen molar-refractivity contribution in [2.24, 2.45) is 0 Å². The molecule has 4 aromatic rings. The molecule has 3 N–H and O–H groups in total. The third kappa shape index (κ3) is 12.4. The molecule has 0 radical (unpaired) electrons. The van der Waals surface area contributed by atoms with E-state index in [0.717, 1.165) is 52.2 Å². The summed E-state index contributed by atoms with van der Waals surface area (Å²) in [7, 11) is 0. The highest BCUT2D eigenvalue weighted by molar-refractivity contribution is 7.14. The van der Waals surface area contributed by atoms with E-state index < -0.39 is 41.9 Å². The van der Waals surface area contributed by atoms with Crippen molar-refractivity contribution in [3.05, 3.63) is 70.2 Å². The number of hydrogen-bond acceptors (Lipinski definition) is 11. The van der Waals surface area contributed by atoms with Gasteiger partial charge in [0.2, 0.25) is 11.7 Å². The number of thiazole rings is 2. The number of alkyl carbamates (subject to hydrolysis) is 1. The van der Waals surface area contributed by atoms with Gasteiger partial charge in [-0.1, -0.05) is 37.1 Å². The highest BCUT2D eigenvalue weighted by Gasteiger charge is 2.24. The van der Waals surface area contributed by atoms with Gasteiger partial charge >= 0.3 is 6.09 Å². The summed E-state index contributed by atoms with van der Waals surface area (Å²) in [5.41, 5.74) is 4.53. The number of unbranched alkanes of at least 4 members (excludes halogenated alkanes) is 3. The average molecular weight is 799 g/mol. The van der Waals surface area contributed by atoms with Crippen molar-refractivity contribution < 1.29 is 37.4 Å². The van der Waals surface area contributed by atoms with Gasteiger partial charge in [0.05, 0.1) is 47.5 Å². The van der Waals surface area contributed by atoms with Gasteiger partial charge < -0.3 is 35.1 Å². The maximum atomic E-state index is 14.8. The van der Waals surface area contributed by atoms with Crippen LogP contribution in [0.5, 0.6) is 5.75 Å². The number of nitrogens with zero attached hydrogens (tertiary/aromatic N) is 3. The molecule has 1 saturated heterocycles. The fraction of sp³-hybridized carbons (Fsp3) is 0.462. The van der Waals surface area contributed by atoms with Gasteiger partial charge in [-0.15, -0.1) is 22.7 Å². The smallest absolute Gasteiger partial charge is 0.408 e. The van der Waals surface area contributed by atoms with Gasteiger partial charge in [-0.2, -0.15) is 4.39 Å². The van der Waals surface area contributed by atoms with Gasteiger partial charge in [-0.05, 0) is 63.8 Å². The Kier molecular flexibility index (Phi) is 14.9. The van der Waals surface area contributed by atoms with Crippen LogP contribution in [0.25, 0.3) is 21.7 Å². The minimum Gasteiger partial charge on any atom is -0.480 e. The van der Waals surface area contributed by atoms with E-state index in [0.29, 0.717) is 51.5 Å². The Morgan fingerprint density at radius 2 is 1.64 bits per heavy atom. The Labute approximate surface area is 328 Å². The first-order valence-corrected chi connectivity index (χ1v) is 20.1. The second kappa shape index (κ2) is 19.8. The molecule has 3 heterocycles. The van der Waals surface area contributed by atoms with Crippen molar-refractivity contribution in [3.63, 3.8) is 0 Å². The monoisotopic (exact) mass is 798 g/mol. The van der Waals surface area contributed by atoms with E-state index in [1.54, 1.807) is 43.0 Å². The number of benzene rings is 2. The van der Waals surface area contributed by atoms with Crippen molar-refractivity contribution in [3.8, 4) is 27.4 Å². The molecule has 0 saturated carbocycles. The Hall–Kier alpha value is -4.67. The average Bonchev–Trinajstić information content (AvgIpc) is 3.82. The number of carbonyl (C=O) groups excluding carboxylic acids is 3. The lowest BCUT2D eigenvalue weighted by molar-refractivity contribution is -0.123. The zero-order valence-electron chi connectivity index (χ0n) is 31.5. The van der Waals surface area contributed by atoms with Gasteiger partial charge in [0.15, 0.2) is 23.3 Å². The predicted molar refractivity (Wildman–Crippen MR) is 209 cm³/mol. The lowest BCUT2D eigenvalue weighted by atomic mass is 10.0. The van der Waals surface area contributed by atoms with Crippen LogP contribution in [-0.4, -0.2) is 79.5 Å². The lowest BCUT2D eigenvalue weighted by Crippen LogP contribution is -2.37. The fourth-order valence-electron chi connectivity index (χ4n) is 5.82. The Morgan fingerprint density at radius 1 is 0.945 bits per heavy atom. The summed E-state index contributed by atoms with van der Waals surface area (Å²) in [4.78, 5) is 50.2. The van der Waals surface area contributed by atoms with Gasteiger partial charge in [-0.3, -0.25) is 9.59 Å². The van der Waals surface area contributed by atoms with Gasteiger partial charge in [0.25, 0.3) is 5.91 Å². The second-order valence-electron chi connectivity index (χ2n) is 14.0. The lowest BCUT2D eigenvalue weighted by Gasteiger charge is -2.26. The van der Waals surface area contributed by atoms with Crippen LogP contribution >= 0.6 is 22.7 Å². The number of morpholine rings is 1. The molecular weight excluding hydrogens is 751 g/mol. The van der Waals surface area contributed by atoms with Crippen molar-refractivity contribution in [2.75, 3.05) is 50.9 Å². The minimum absolute atomic E-state index is 0.0343. The molecule has 16 heteroatoms. The number of halogens is 2. The number of anilines is 1. The van der Waals surface area contributed by atoms with Crippen LogP contribution in [0.15, 0.2) is 47.3 Å². The summed E-state index contributed by atoms with van der Waals surface area (Å²) in [6.07, 6.45) is 2.44. The maximum absolute atomic E-state index is 14.8. The molecule has 296 valence electrons. The number of hydrogen-bond donors (Lipinski definition) is 3. The summed E-state index contributed by atoms with van der Waals surface area (Å²) < 4.78 is 45.4. The summed E-state index contributed by atoms with van der Waals surface area (Å²) in [5, 5.41) is 11.0. The predicted octanol–water partition coefficient (Wildman–Crippen LogP) is 7.18. The molecule has 1 unspecified atom stereocenters. The highest BCUT2D eigenvalue weighted by Crippen LogP contribution is 2.36. The third-order valence-corrected chi connectivity index (χ3v) is 10.5. The van der Waals surface area contributed by atoms with E-state index >= 15 is 0 Å². The topological polar surface area (TPSA) is 144 Å². The van der Waals surface area contributed by atoms with Crippen molar-refractivity contribution in [2.45, 2.75) is 71.4 Å². The molecule has 5 rings (SSSR count). The van der Waals surface area contributed by atoms with Crippen LogP contribution in [0.1, 0.15) is 70.2 Å². The van der Waals surface area contributed by atoms with Crippen molar-refractivity contribution >= 4 is 45.7 Å². The summed E-state index contributed by atoms with van der Waals surface area (Å²) in [6.45, 7) is 10.2. The molecule has 12 nitrogen and oxygen atoms in total. The zero-order chi connectivity index (χ0) is 39.4. The van der Waals surface area contributed by atoms with Gasteiger partial charge in [-0.25, -0.2) is 19.2 Å². The van der Waals surface area contributed by atoms with Crippen molar-refractivity contribution in [1.29, 1.82) is 0 Å². The van der Waals surface area contributed by atoms with Crippen LogP contribution < -0.4 is 25.6 Å². The first-order valence-electron chi connectivity index (χ1n) is 18.3. The van der Waals surface area contributed by atoms with E-state index in [-0.39, 0.29) is 23.6 Å². The first-order chi connectivity index (χ1) is 26.4. The summed E-state index contributed by atoms with van der Waals surface area (Å²) in [5.74, 6) is -3.28. The third-order valence-electron chi connectivity index (χ3n) is 8.60. The molecule has 0 bridgehead atoms. The van der Waals surface area contributed by atoms with Crippen molar-refractivity contribution in [1.82, 2.24) is 25.9 Å². The number of rotatable bonds is 17. The molecule has 0 spiro atoms. The minimum atomic E-state index is -1.18. The molecule has 1 atom stereocenters.